The Kier molecular flexibility index (Phi) is 3.86. The second-order valence-corrected chi connectivity index (χ2v) is 5.78. The van der Waals surface area contributed by atoms with Crippen LogP contribution in [0.15, 0.2) is 30.4 Å². The lowest BCUT2D eigenvalue weighted by atomic mass is 9.93. The van der Waals surface area contributed by atoms with E-state index in [0.29, 0.717) is 18.4 Å². The van der Waals surface area contributed by atoms with Crippen LogP contribution < -0.4 is 14.8 Å². The van der Waals surface area contributed by atoms with Crippen molar-refractivity contribution in [1.82, 2.24) is 5.32 Å². The molecule has 112 valence electrons. The molecule has 0 aromatic heterocycles. The predicted octanol–water partition coefficient (Wildman–Crippen LogP) is 2.53. The molecule has 1 fully saturated rings. The summed E-state index contributed by atoms with van der Waals surface area (Å²) in [6.07, 6.45) is 6.58. The number of amides is 1. The number of methoxy groups -OCH3 is 2. The van der Waals surface area contributed by atoms with Gasteiger partial charge < -0.3 is 14.8 Å². The van der Waals surface area contributed by atoms with E-state index in [1.807, 2.05) is 18.2 Å². The van der Waals surface area contributed by atoms with Gasteiger partial charge in [-0.05, 0) is 42.9 Å². The number of hydrogen-bond donors (Lipinski definition) is 1. The second-order valence-electron chi connectivity index (χ2n) is 5.78. The predicted molar refractivity (Wildman–Crippen MR) is 80.2 cm³/mol. The Morgan fingerprint density at radius 1 is 1.24 bits per heavy atom. The molecule has 1 aromatic carbocycles. The van der Waals surface area contributed by atoms with Crippen LogP contribution in [0.3, 0.4) is 0 Å². The van der Waals surface area contributed by atoms with Gasteiger partial charge in [-0.1, -0.05) is 12.2 Å². The molecule has 1 saturated carbocycles. The van der Waals surface area contributed by atoms with E-state index in [0.717, 1.165) is 29.9 Å². The molecular weight excluding hydrogens is 266 g/mol. The van der Waals surface area contributed by atoms with Gasteiger partial charge in [0, 0.05) is 18.0 Å². The van der Waals surface area contributed by atoms with Gasteiger partial charge in [0.05, 0.1) is 14.2 Å². The van der Waals surface area contributed by atoms with Crippen LogP contribution in [0.1, 0.15) is 18.4 Å². The minimum atomic E-state index is 0.136. The molecule has 1 amide bonds. The van der Waals surface area contributed by atoms with Crippen molar-refractivity contribution in [3.63, 3.8) is 0 Å². The van der Waals surface area contributed by atoms with Gasteiger partial charge in [0.1, 0.15) is 11.5 Å². The number of carbonyl (C=O) groups excluding carboxylic acids is 1. The summed E-state index contributed by atoms with van der Waals surface area (Å²) < 4.78 is 10.6. The van der Waals surface area contributed by atoms with Crippen LogP contribution >= 0.6 is 0 Å². The summed E-state index contributed by atoms with van der Waals surface area (Å²) in [6.45, 7) is 0.469. The van der Waals surface area contributed by atoms with Crippen LogP contribution in [0.4, 0.5) is 0 Å². The molecule has 3 atom stereocenters. The van der Waals surface area contributed by atoms with Gasteiger partial charge in [-0.15, -0.1) is 0 Å². The number of carbonyl (C=O) groups is 1. The number of fused-ring (bicyclic) bond motifs is 2. The average molecular weight is 287 g/mol. The molecule has 4 nitrogen and oxygen atoms in total. The molecule has 1 N–H and O–H groups in total. The maximum absolute atomic E-state index is 12.3. The van der Waals surface area contributed by atoms with E-state index >= 15 is 0 Å². The molecule has 0 aliphatic heterocycles. The van der Waals surface area contributed by atoms with E-state index in [1.165, 1.54) is 0 Å². The fourth-order valence-electron chi connectivity index (χ4n) is 3.42. The van der Waals surface area contributed by atoms with Crippen LogP contribution in [0, 0.1) is 17.8 Å². The molecule has 3 rings (SSSR count). The van der Waals surface area contributed by atoms with Gasteiger partial charge in [0.2, 0.25) is 5.91 Å². The third kappa shape index (κ3) is 2.75. The molecule has 2 aliphatic carbocycles. The molecule has 1 aromatic rings. The summed E-state index contributed by atoms with van der Waals surface area (Å²) >= 11 is 0. The van der Waals surface area contributed by atoms with Crippen molar-refractivity contribution in [2.45, 2.75) is 19.4 Å². The van der Waals surface area contributed by atoms with E-state index in [4.69, 9.17) is 9.47 Å². The van der Waals surface area contributed by atoms with Crippen molar-refractivity contribution >= 4 is 5.91 Å². The standard InChI is InChI=1S/C17H21NO3/c1-20-14-5-6-16(21-2)13(9-14)10-18-17(19)15-8-11-3-4-12(15)7-11/h3-6,9,11-12,15H,7-8,10H2,1-2H3,(H,18,19)/t11-,12-,15+/m0/s1. The Labute approximate surface area is 125 Å². The summed E-state index contributed by atoms with van der Waals surface area (Å²) in [5, 5.41) is 3.04. The first-order valence-electron chi connectivity index (χ1n) is 7.38. The highest BCUT2D eigenvalue weighted by Crippen LogP contribution is 2.43. The fraction of sp³-hybridized carbons (Fsp3) is 0.471. The maximum atomic E-state index is 12.3. The second kappa shape index (κ2) is 5.80. The lowest BCUT2D eigenvalue weighted by molar-refractivity contribution is -0.125. The van der Waals surface area contributed by atoms with Crippen molar-refractivity contribution in [1.29, 1.82) is 0 Å². The van der Waals surface area contributed by atoms with Crippen molar-refractivity contribution < 1.29 is 14.3 Å². The molecule has 0 unspecified atom stereocenters. The molecule has 2 bridgehead atoms. The Bertz CT molecular complexity index is 567. The van der Waals surface area contributed by atoms with Gasteiger partial charge >= 0.3 is 0 Å². The SMILES string of the molecule is COc1ccc(OC)c(CNC(=O)[C@@H]2C[C@H]3C=C[C@H]2C3)c1. The summed E-state index contributed by atoms with van der Waals surface area (Å²) in [5.74, 6) is 2.86. The van der Waals surface area contributed by atoms with E-state index < -0.39 is 0 Å². The lowest BCUT2D eigenvalue weighted by Crippen LogP contribution is -2.32. The normalized spacial score (nSPS) is 25.9. The number of ether oxygens (including phenoxy) is 2. The van der Waals surface area contributed by atoms with Crippen molar-refractivity contribution in [2.24, 2.45) is 17.8 Å². The first-order chi connectivity index (χ1) is 10.2. The largest absolute Gasteiger partial charge is 0.497 e. The summed E-state index contributed by atoms with van der Waals surface area (Å²) in [5.41, 5.74) is 0.934. The number of rotatable bonds is 5. The van der Waals surface area contributed by atoms with Gasteiger partial charge in [-0.3, -0.25) is 4.79 Å². The van der Waals surface area contributed by atoms with Gasteiger partial charge in [0.15, 0.2) is 0 Å². The van der Waals surface area contributed by atoms with Crippen LogP contribution in [-0.4, -0.2) is 20.1 Å². The Hall–Kier alpha value is -1.97. The minimum absolute atomic E-state index is 0.136. The molecule has 4 heteroatoms. The molecular formula is C17H21NO3. The van der Waals surface area contributed by atoms with Crippen LogP contribution in [0.2, 0.25) is 0 Å². The maximum Gasteiger partial charge on any atom is 0.223 e. The lowest BCUT2D eigenvalue weighted by Gasteiger charge is -2.18. The first kappa shape index (κ1) is 14.0. The van der Waals surface area contributed by atoms with Crippen LogP contribution in [0.25, 0.3) is 0 Å². The highest BCUT2D eigenvalue weighted by molar-refractivity contribution is 5.80. The monoisotopic (exact) mass is 287 g/mol. The molecule has 0 heterocycles. The summed E-state index contributed by atoms with van der Waals surface area (Å²) in [4.78, 5) is 12.3. The summed E-state index contributed by atoms with van der Waals surface area (Å²) in [6, 6.07) is 5.62. The molecule has 0 radical (unpaired) electrons. The zero-order valence-corrected chi connectivity index (χ0v) is 12.5. The van der Waals surface area contributed by atoms with E-state index in [9.17, 15) is 4.79 Å². The van der Waals surface area contributed by atoms with E-state index in [2.05, 4.69) is 17.5 Å². The molecule has 21 heavy (non-hydrogen) atoms. The average Bonchev–Trinajstić information content (AvgIpc) is 3.15. The third-order valence-corrected chi connectivity index (χ3v) is 4.56. The Morgan fingerprint density at radius 3 is 2.71 bits per heavy atom. The van der Waals surface area contributed by atoms with Gasteiger partial charge in [-0.25, -0.2) is 0 Å². The fourth-order valence-corrected chi connectivity index (χ4v) is 3.42. The minimum Gasteiger partial charge on any atom is -0.497 e. The highest BCUT2D eigenvalue weighted by atomic mass is 16.5. The van der Waals surface area contributed by atoms with Gasteiger partial charge in [0.25, 0.3) is 0 Å². The topological polar surface area (TPSA) is 47.6 Å². The van der Waals surface area contributed by atoms with E-state index in [-0.39, 0.29) is 11.8 Å². The van der Waals surface area contributed by atoms with Gasteiger partial charge in [-0.2, -0.15) is 0 Å². The molecule has 0 spiro atoms. The Balaban J connectivity index is 1.64. The molecule has 0 saturated heterocycles. The highest BCUT2D eigenvalue weighted by Gasteiger charge is 2.39. The van der Waals surface area contributed by atoms with Crippen molar-refractivity contribution in [2.75, 3.05) is 14.2 Å². The smallest absolute Gasteiger partial charge is 0.223 e. The van der Waals surface area contributed by atoms with Crippen molar-refractivity contribution in [3.8, 4) is 11.5 Å². The van der Waals surface area contributed by atoms with Crippen LogP contribution in [0.5, 0.6) is 11.5 Å². The Morgan fingerprint density at radius 2 is 2.10 bits per heavy atom. The number of hydrogen-bond acceptors (Lipinski definition) is 3. The van der Waals surface area contributed by atoms with E-state index in [1.54, 1.807) is 14.2 Å². The quantitative estimate of drug-likeness (QED) is 0.847. The zero-order valence-electron chi connectivity index (χ0n) is 12.5. The third-order valence-electron chi connectivity index (χ3n) is 4.56. The first-order valence-corrected chi connectivity index (χ1v) is 7.38. The van der Waals surface area contributed by atoms with Crippen LogP contribution in [-0.2, 0) is 11.3 Å². The number of nitrogens with one attached hydrogen (secondary N) is 1. The molecule has 2 aliphatic rings. The van der Waals surface area contributed by atoms with Crippen molar-refractivity contribution in [3.05, 3.63) is 35.9 Å². The number of allylic oxidation sites excluding steroid dienone is 2. The zero-order chi connectivity index (χ0) is 14.8. The number of benzene rings is 1. The summed E-state index contributed by atoms with van der Waals surface area (Å²) in [7, 11) is 3.26.